The van der Waals surface area contributed by atoms with Crippen LogP contribution in [0, 0.1) is 0 Å². The van der Waals surface area contributed by atoms with Gasteiger partial charge in [0.25, 0.3) is 0 Å². The summed E-state index contributed by atoms with van der Waals surface area (Å²) < 4.78 is 60.0. The van der Waals surface area contributed by atoms with E-state index in [0.717, 1.165) is 11.1 Å². The first-order valence-corrected chi connectivity index (χ1v) is 7.05. The molecule has 0 aliphatic carbocycles. The first-order valence-electron chi connectivity index (χ1n) is 5.44. The van der Waals surface area contributed by atoms with Gasteiger partial charge in [-0.3, -0.25) is 9.78 Å². The Morgan fingerprint density at radius 3 is 2.55 bits per heavy atom. The maximum absolute atomic E-state index is 12.5. The topological polar surface area (TPSA) is 93.4 Å². The predicted octanol–water partition coefficient (Wildman–Crippen LogP) is 0.494. The number of alkyl halides is 3. The number of rotatable bonds is 2. The van der Waals surface area contributed by atoms with Gasteiger partial charge in [0.05, 0.1) is 0 Å². The lowest BCUT2D eigenvalue weighted by Gasteiger charge is -2.17. The zero-order chi connectivity index (χ0) is 15.1. The summed E-state index contributed by atoms with van der Waals surface area (Å²) in [5.74, 6) is -0.594. The average Bonchev–Trinajstić information content (AvgIpc) is 2.70. The van der Waals surface area contributed by atoms with Gasteiger partial charge in [0, 0.05) is 24.8 Å². The molecule has 10 heteroatoms. The second-order valence-corrected chi connectivity index (χ2v) is 6.16. The summed E-state index contributed by atoms with van der Waals surface area (Å²) in [6, 6.07) is 1.90. The van der Waals surface area contributed by atoms with E-state index in [0.29, 0.717) is 6.07 Å². The van der Waals surface area contributed by atoms with Crippen LogP contribution in [0.4, 0.5) is 18.9 Å². The number of nitrogens with zero attached hydrogens (tertiary/aromatic N) is 2. The molecule has 0 saturated carbocycles. The van der Waals surface area contributed by atoms with Crippen LogP contribution < -0.4 is 10.0 Å². The van der Waals surface area contributed by atoms with Crippen molar-refractivity contribution in [1.82, 2.24) is 4.98 Å². The summed E-state index contributed by atoms with van der Waals surface area (Å²) in [6.45, 7) is -0.265. The minimum atomic E-state index is -4.64. The molecule has 1 saturated heterocycles. The highest BCUT2D eigenvalue weighted by molar-refractivity contribution is 7.89. The molecule has 0 bridgehead atoms. The van der Waals surface area contributed by atoms with Crippen molar-refractivity contribution in [2.45, 2.75) is 17.8 Å². The molecule has 20 heavy (non-hydrogen) atoms. The van der Waals surface area contributed by atoms with E-state index >= 15 is 0 Å². The van der Waals surface area contributed by atoms with Crippen LogP contribution in [0.15, 0.2) is 18.3 Å². The van der Waals surface area contributed by atoms with Gasteiger partial charge in [-0.2, -0.15) is 13.2 Å². The van der Waals surface area contributed by atoms with Crippen molar-refractivity contribution in [3.8, 4) is 0 Å². The van der Waals surface area contributed by atoms with Crippen molar-refractivity contribution in [2.75, 3.05) is 11.4 Å². The molecule has 1 unspecified atom stereocenters. The van der Waals surface area contributed by atoms with E-state index < -0.39 is 33.1 Å². The standard InChI is InChI=1S/C10H10F3N3O3S/c11-10(12,13)8-3-6(1-2-15-8)16-5-7(4-9(16)17)20(14,18)19/h1-3,7H,4-5H2,(H2,14,18,19). The maximum atomic E-state index is 12.5. The van der Waals surface area contributed by atoms with Crippen LogP contribution in [0.25, 0.3) is 0 Å². The number of aromatic nitrogens is 1. The summed E-state index contributed by atoms with van der Waals surface area (Å²) >= 11 is 0. The number of carbonyl (C=O) groups is 1. The molecular formula is C10H10F3N3O3S. The molecule has 2 heterocycles. The smallest absolute Gasteiger partial charge is 0.311 e. The molecule has 2 rings (SSSR count). The third-order valence-corrected chi connectivity index (χ3v) is 4.14. The normalized spacial score (nSPS) is 20.5. The Labute approximate surface area is 112 Å². The zero-order valence-electron chi connectivity index (χ0n) is 9.96. The van der Waals surface area contributed by atoms with E-state index in [1.54, 1.807) is 0 Å². The molecule has 0 radical (unpaired) electrons. The fraction of sp³-hybridized carbons (Fsp3) is 0.400. The van der Waals surface area contributed by atoms with Gasteiger partial charge in [-0.1, -0.05) is 0 Å². The molecule has 1 aromatic rings. The second kappa shape index (κ2) is 4.70. The summed E-state index contributed by atoms with van der Waals surface area (Å²) in [5.41, 5.74) is -1.20. The Morgan fingerprint density at radius 2 is 2.05 bits per heavy atom. The molecule has 0 aromatic carbocycles. The molecule has 1 aromatic heterocycles. The lowest BCUT2D eigenvalue weighted by Crippen LogP contribution is -2.32. The molecule has 2 N–H and O–H groups in total. The van der Waals surface area contributed by atoms with Crippen molar-refractivity contribution in [1.29, 1.82) is 0 Å². The lowest BCUT2D eigenvalue weighted by molar-refractivity contribution is -0.141. The molecule has 1 atom stereocenters. The number of primary sulfonamides is 1. The fourth-order valence-corrected chi connectivity index (χ4v) is 2.62. The minimum absolute atomic E-state index is 0.0523. The SMILES string of the molecule is NS(=O)(=O)C1CC(=O)N(c2ccnc(C(F)(F)F)c2)C1. The Bertz CT molecular complexity index is 645. The van der Waals surface area contributed by atoms with Crippen LogP contribution >= 0.6 is 0 Å². The Kier molecular flexibility index (Phi) is 3.46. The number of amides is 1. The second-order valence-electron chi connectivity index (χ2n) is 4.32. The highest BCUT2D eigenvalue weighted by Crippen LogP contribution is 2.31. The number of pyridine rings is 1. The van der Waals surface area contributed by atoms with Crippen molar-refractivity contribution in [2.24, 2.45) is 5.14 Å². The zero-order valence-corrected chi connectivity index (χ0v) is 10.8. The number of sulfonamides is 1. The number of halogens is 3. The first-order chi connectivity index (χ1) is 9.09. The average molecular weight is 309 g/mol. The van der Waals surface area contributed by atoms with E-state index in [2.05, 4.69) is 4.98 Å². The quantitative estimate of drug-likeness (QED) is 0.860. The first kappa shape index (κ1) is 14.7. The van der Waals surface area contributed by atoms with Crippen LogP contribution in [-0.4, -0.2) is 31.1 Å². The Morgan fingerprint density at radius 1 is 1.40 bits per heavy atom. The highest BCUT2D eigenvalue weighted by atomic mass is 32.2. The molecular weight excluding hydrogens is 299 g/mol. The van der Waals surface area contributed by atoms with Gasteiger partial charge in [-0.15, -0.1) is 0 Å². The molecule has 110 valence electrons. The molecule has 1 fully saturated rings. The monoisotopic (exact) mass is 309 g/mol. The third kappa shape index (κ3) is 2.90. The van der Waals surface area contributed by atoms with Crippen molar-refractivity contribution < 1.29 is 26.4 Å². The van der Waals surface area contributed by atoms with E-state index in [1.807, 2.05) is 0 Å². The fourth-order valence-electron chi connectivity index (χ4n) is 1.89. The van der Waals surface area contributed by atoms with Gasteiger partial charge in [0.15, 0.2) is 0 Å². The van der Waals surface area contributed by atoms with Crippen LogP contribution in [0.1, 0.15) is 12.1 Å². The molecule has 1 aliphatic heterocycles. The van der Waals surface area contributed by atoms with E-state index in [9.17, 15) is 26.4 Å². The van der Waals surface area contributed by atoms with Gasteiger partial charge in [-0.05, 0) is 12.1 Å². The van der Waals surface area contributed by atoms with E-state index in [-0.39, 0.29) is 18.7 Å². The highest BCUT2D eigenvalue weighted by Gasteiger charge is 2.38. The largest absolute Gasteiger partial charge is 0.433 e. The van der Waals surface area contributed by atoms with Crippen LogP contribution in [0.2, 0.25) is 0 Å². The summed E-state index contributed by atoms with van der Waals surface area (Å²) in [5, 5.41) is 3.83. The number of carbonyl (C=O) groups excluding carboxylic acids is 1. The van der Waals surface area contributed by atoms with Gasteiger partial charge < -0.3 is 4.90 Å². The molecule has 0 spiro atoms. The Balaban J connectivity index is 2.32. The molecule has 1 aliphatic rings. The van der Waals surface area contributed by atoms with Crippen LogP contribution in [-0.2, 0) is 21.0 Å². The minimum Gasteiger partial charge on any atom is -0.311 e. The number of hydrogen-bond acceptors (Lipinski definition) is 4. The van der Waals surface area contributed by atoms with Crippen molar-refractivity contribution in [3.05, 3.63) is 24.0 Å². The van der Waals surface area contributed by atoms with Crippen LogP contribution in [0.5, 0.6) is 0 Å². The molecule has 1 amide bonds. The number of nitrogens with two attached hydrogens (primary N) is 1. The van der Waals surface area contributed by atoms with Gasteiger partial charge in [0.2, 0.25) is 15.9 Å². The van der Waals surface area contributed by atoms with E-state index in [4.69, 9.17) is 5.14 Å². The summed E-state index contributed by atoms with van der Waals surface area (Å²) in [7, 11) is -3.92. The molecule has 6 nitrogen and oxygen atoms in total. The third-order valence-electron chi connectivity index (χ3n) is 2.90. The maximum Gasteiger partial charge on any atom is 0.433 e. The summed E-state index contributed by atoms with van der Waals surface area (Å²) in [6.07, 6.45) is -4.07. The lowest BCUT2D eigenvalue weighted by atomic mass is 10.3. The van der Waals surface area contributed by atoms with E-state index in [1.165, 1.54) is 6.07 Å². The van der Waals surface area contributed by atoms with Gasteiger partial charge in [-0.25, -0.2) is 13.6 Å². The van der Waals surface area contributed by atoms with Crippen molar-refractivity contribution in [3.63, 3.8) is 0 Å². The predicted molar refractivity (Wildman–Crippen MR) is 63.1 cm³/mol. The number of anilines is 1. The number of hydrogen-bond donors (Lipinski definition) is 1. The Hall–Kier alpha value is -1.68. The van der Waals surface area contributed by atoms with Gasteiger partial charge in [0.1, 0.15) is 10.9 Å². The van der Waals surface area contributed by atoms with Crippen molar-refractivity contribution >= 4 is 21.6 Å². The van der Waals surface area contributed by atoms with Crippen LogP contribution in [0.3, 0.4) is 0 Å². The van der Waals surface area contributed by atoms with Gasteiger partial charge >= 0.3 is 6.18 Å². The summed E-state index contributed by atoms with van der Waals surface area (Å²) in [4.78, 5) is 15.8.